The second kappa shape index (κ2) is 9.23. The molecule has 1 aromatic heterocycles. The van der Waals surface area contributed by atoms with E-state index in [0.717, 1.165) is 18.4 Å². The highest BCUT2D eigenvalue weighted by Gasteiger charge is 2.27. The minimum atomic E-state index is -3.49. The van der Waals surface area contributed by atoms with Gasteiger partial charge in [0, 0.05) is 19.3 Å². The van der Waals surface area contributed by atoms with Gasteiger partial charge in [0.15, 0.2) is 0 Å². The van der Waals surface area contributed by atoms with Gasteiger partial charge in [-0.3, -0.25) is 4.79 Å². The molecular formula is C20H24FN3O3S2. The number of nitrogens with one attached hydrogen (secondary N) is 1. The number of aromatic nitrogens is 1. The number of pyridine rings is 1. The van der Waals surface area contributed by atoms with Gasteiger partial charge in [0.25, 0.3) is 0 Å². The van der Waals surface area contributed by atoms with Gasteiger partial charge in [-0.2, -0.15) is 4.31 Å². The smallest absolute Gasteiger partial charge is 0.244 e. The fraction of sp³-hybridized carbons (Fsp3) is 0.400. The van der Waals surface area contributed by atoms with E-state index in [1.54, 1.807) is 25.1 Å². The first-order valence-electron chi connectivity index (χ1n) is 9.46. The van der Waals surface area contributed by atoms with Crippen LogP contribution >= 0.6 is 11.8 Å². The number of halogens is 1. The van der Waals surface area contributed by atoms with Crippen LogP contribution in [0.4, 0.5) is 4.39 Å². The predicted octanol–water partition coefficient (Wildman–Crippen LogP) is 3.36. The number of nitrogens with zero attached hydrogens (tertiary/aromatic N) is 2. The van der Waals surface area contributed by atoms with Crippen LogP contribution in [0.5, 0.6) is 0 Å². The predicted molar refractivity (Wildman–Crippen MR) is 111 cm³/mol. The number of hydrogen-bond donors (Lipinski definition) is 1. The van der Waals surface area contributed by atoms with Gasteiger partial charge in [-0.15, -0.1) is 0 Å². The van der Waals surface area contributed by atoms with Gasteiger partial charge in [-0.1, -0.05) is 23.9 Å². The van der Waals surface area contributed by atoms with E-state index in [-0.39, 0.29) is 22.7 Å². The minimum absolute atomic E-state index is 0.172. The zero-order valence-corrected chi connectivity index (χ0v) is 18.0. The van der Waals surface area contributed by atoms with E-state index in [0.29, 0.717) is 18.1 Å². The molecule has 0 aliphatic carbocycles. The van der Waals surface area contributed by atoms with Crippen molar-refractivity contribution in [2.24, 2.45) is 0 Å². The van der Waals surface area contributed by atoms with Crippen molar-refractivity contribution in [1.29, 1.82) is 0 Å². The summed E-state index contributed by atoms with van der Waals surface area (Å²) in [5, 5.41) is 3.04. The van der Waals surface area contributed by atoms with Gasteiger partial charge >= 0.3 is 0 Å². The second-order valence-electron chi connectivity index (χ2n) is 6.99. The average molecular weight is 438 g/mol. The summed E-state index contributed by atoms with van der Waals surface area (Å²) in [5.74, 6) is -0.500. The first-order chi connectivity index (χ1) is 13.8. The van der Waals surface area contributed by atoms with E-state index in [1.165, 1.54) is 40.5 Å². The third-order valence-corrected chi connectivity index (χ3v) is 7.74. The Balaban J connectivity index is 1.59. The Morgan fingerprint density at radius 3 is 2.38 bits per heavy atom. The summed E-state index contributed by atoms with van der Waals surface area (Å²) in [6.45, 7) is 4.68. The molecule has 0 unspecified atom stereocenters. The molecule has 1 aromatic carbocycles. The lowest BCUT2D eigenvalue weighted by Gasteiger charge is -2.18. The molecule has 2 aromatic rings. The van der Waals surface area contributed by atoms with Gasteiger partial charge in [0.05, 0.1) is 16.3 Å². The van der Waals surface area contributed by atoms with Crippen LogP contribution in [0.2, 0.25) is 0 Å². The maximum atomic E-state index is 13.0. The van der Waals surface area contributed by atoms with E-state index in [9.17, 15) is 17.6 Å². The van der Waals surface area contributed by atoms with Crippen LogP contribution in [0.3, 0.4) is 0 Å². The average Bonchev–Trinajstić information content (AvgIpc) is 3.24. The molecule has 0 radical (unpaired) electrons. The Kier molecular flexibility index (Phi) is 6.92. The number of rotatable bonds is 7. The van der Waals surface area contributed by atoms with Gasteiger partial charge in [-0.05, 0) is 56.5 Å². The Morgan fingerprint density at radius 2 is 1.79 bits per heavy atom. The molecule has 1 aliphatic rings. The molecule has 0 spiro atoms. The summed E-state index contributed by atoms with van der Waals surface area (Å²) in [7, 11) is -3.49. The van der Waals surface area contributed by atoms with E-state index < -0.39 is 15.3 Å². The third kappa shape index (κ3) is 5.34. The zero-order valence-electron chi connectivity index (χ0n) is 16.3. The quantitative estimate of drug-likeness (QED) is 0.672. The highest BCUT2D eigenvalue weighted by molar-refractivity contribution is 8.00. The topological polar surface area (TPSA) is 79.4 Å². The van der Waals surface area contributed by atoms with Crippen molar-refractivity contribution in [2.45, 2.75) is 47.9 Å². The molecule has 1 fully saturated rings. The van der Waals surface area contributed by atoms with Crippen molar-refractivity contribution in [3.8, 4) is 0 Å². The molecule has 2 atom stereocenters. The Labute approximate surface area is 175 Å². The number of carbonyl (C=O) groups excluding carboxylic acids is 1. The van der Waals surface area contributed by atoms with Crippen molar-refractivity contribution in [3.63, 3.8) is 0 Å². The molecular weight excluding hydrogens is 413 g/mol. The third-order valence-electron chi connectivity index (χ3n) is 4.81. The summed E-state index contributed by atoms with van der Waals surface area (Å²) in [6.07, 6.45) is 3.11. The van der Waals surface area contributed by atoms with Crippen LogP contribution < -0.4 is 5.32 Å². The van der Waals surface area contributed by atoms with Gasteiger partial charge in [0.2, 0.25) is 15.9 Å². The maximum Gasteiger partial charge on any atom is 0.244 e. The van der Waals surface area contributed by atoms with Crippen LogP contribution in [0.15, 0.2) is 52.5 Å². The number of thioether (sulfide) groups is 1. The number of sulfonamides is 1. The summed E-state index contributed by atoms with van der Waals surface area (Å²) in [4.78, 5) is 16.9. The highest BCUT2D eigenvalue weighted by atomic mass is 32.2. The molecule has 1 amide bonds. The minimum Gasteiger partial charge on any atom is -0.349 e. The van der Waals surface area contributed by atoms with Crippen molar-refractivity contribution < 1.29 is 17.6 Å². The van der Waals surface area contributed by atoms with Crippen LogP contribution in [0, 0.1) is 5.82 Å². The first-order valence-corrected chi connectivity index (χ1v) is 11.8. The van der Waals surface area contributed by atoms with Crippen molar-refractivity contribution in [2.75, 3.05) is 13.1 Å². The second-order valence-corrected chi connectivity index (χ2v) is 10.3. The number of benzene rings is 1. The SMILES string of the molecule is C[C@@H](Sc1ccc(S(=O)(=O)N2CCCC2)cn1)C(=O)N[C@H](C)c1ccc(F)cc1. The van der Waals surface area contributed by atoms with Crippen LogP contribution in [0.1, 0.15) is 38.3 Å². The zero-order chi connectivity index (χ0) is 21.0. The van der Waals surface area contributed by atoms with Crippen LogP contribution in [-0.4, -0.2) is 42.0 Å². The summed E-state index contributed by atoms with van der Waals surface area (Å²) >= 11 is 1.25. The number of carbonyl (C=O) groups is 1. The Morgan fingerprint density at radius 1 is 1.14 bits per heavy atom. The standard InChI is InChI=1S/C20H24FN3O3S2/c1-14(16-5-7-17(21)8-6-16)23-20(25)15(2)28-19-10-9-18(13-22-19)29(26,27)24-11-3-4-12-24/h5-10,13-15H,3-4,11-12H2,1-2H3,(H,23,25)/t14-,15-/m1/s1. The fourth-order valence-corrected chi connectivity index (χ4v) is 5.33. The lowest BCUT2D eigenvalue weighted by atomic mass is 10.1. The van der Waals surface area contributed by atoms with E-state index in [1.807, 2.05) is 6.92 Å². The normalized spacial score (nSPS) is 17.1. The molecule has 1 saturated heterocycles. The lowest BCUT2D eigenvalue weighted by Crippen LogP contribution is -2.33. The summed E-state index contributed by atoms with van der Waals surface area (Å²) in [6, 6.07) is 8.90. The van der Waals surface area contributed by atoms with Gasteiger partial charge in [0.1, 0.15) is 10.7 Å². The molecule has 2 heterocycles. The molecule has 0 saturated carbocycles. The molecule has 9 heteroatoms. The Bertz CT molecular complexity index is 944. The van der Waals surface area contributed by atoms with Gasteiger partial charge in [-0.25, -0.2) is 17.8 Å². The first kappa shape index (κ1) is 21.7. The lowest BCUT2D eigenvalue weighted by molar-refractivity contribution is -0.120. The molecule has 156 valence electrons. The van der Waals surface area contributed by atoms with E-state index >= 15 is 0 Å². The Hall–Kier alpha value is -1.97. The molecule has 1 N–H and O–H groups in total. The highest BCUT2D eigenvalue weighted by Crippen LogP contribution is 2.25. The van der Waals surface area contributed by atoms with Gasteiger partial charge < -0.3 is 5.32 Å². The monoisotopic (exact) mass is 437 g/mol. The molecule has 6 nitrogen and oxygen atoms in total. The number of amides is 1. The molecule has 29 heavy (non-hydrogen) atoms. The van der Waals surface area contributed by atoms with E-state index in [2.05, 4.69) is 10.3 Å². The van der Waals surface area contributed by atoms with Crippen molar-refractivity contribution in [3.05, 3.63) is 54.0 Å². The number of hydrogen-bond acceptors (Lipinski definition) is 5. The van der Waals surface area contributed by atoms with Crippen molar-refractivity contribution >= 4 is 27.7 Å². The summed E-state index contributed by atoms with van der Waals surface area (Å²) in [5.41, 5.74) is 0.812. The molecule has 0 bridgehead atoms. The van der Waals surface area contributed by atoms with E-state index in [4.69, 9.17) is 0 Å². The molecule has 1 aliphatic heterocycles. The summed E-state index contributed by atoms with van der Waals surface area (Å²) < 4.78 is 39.6. The van der Waals surface area contributed by atoms with Crippen LogP contribution in [0.25, 0.3) is 0 Å². The van der Waals surface area contributed by atoms with Crippen molar-refractivity contribution in [1.82, 2.24) is 14.6 Å². The largest absolute Gasteiger partial charge is 0.349 e. The van der Waals surface area contributed by atoms with Crippen LogP contribution in [-0.2, 0) is 14.8 Å². The molecule has 3 rings (SSSR count). The fourth-order valence-electron chi connectivity index (χ4n) is 3.07. The maximum absolute atomic E-state index is 13.0.